The largest absolute Gasteiger partial charge is 0.307 e. The lowest BCUT2D eigenvalue weighted by atomic mass is 9.95. The zero-order chi connectivity index (χ0) is 34.0. The van der Waals surface area contributed by atoms with Gasteiger partial charge in [-0.25, -0.2) is 4.39 Å². The Morgan fingerprint density at radius 2 is 0.938 bits per heavy atom. The second kappa shape index (κ2) is 12.9. The van der Waals surface area contributed by atoms with Gasteiger partial charge in [0.25, 0.3) is 0 Å². The fourth-order valence-electron chi connectivity index (χ4n) is 6.29. The van der Waals surface area contributed by atoms with Gasteiger partial charge in [-0.2, -0.15) is 0 Å². The van der Waals surface area contributed by atoms with E-state index in [1.807, 2.05) is 150 Å². The summed E-state index contributed by atoms with van der Waals surface area (Å²) < 4.78 is 34.8. The van der Waals surface area contributed by atoms with Crippen LogP contribution in [0.2, 0.25) is 0 Å². The molecule has 8 aromatic carbocycles. The van der Waals surface area contributed by atoms with Crippen molar-refractivity contribution in [1.29, 1.82) is 0 Å². The summed E-state index contributed by atoms with van der Waals surface area (Å²) in [6.45, 7) is 0. The van der Waals surface area contributed by atoms with Crippen LogP contribution in [0.25, 0.3) is 55.9 Å². The van der Waals surface area contributed by atoms with Crippen LogP contribution in [0.5, 0.6) is 0 Å². The number of anilines is 3. The van der Waals surface area contributed by atoms with E-state index in [9.17, 15) is 0 Å². The van der Waals surface area contributed by atoms with E-state index in [0.29, 0.717) is 16.8 Å². The predicted octanol–water partition coefficient (Wildman–Crippen LogP) is 13.1. The molecule has 0 saturated carbocycles. The number of fused-ring (bicyclic) bond motifs is 2. The lowest BCUT2D eigenvalue weighted by Gasteiger charge is -2.29. The van der Waals surface area contributed by atoms with E-state index in [0.717, 1.165) is 55.2 Å². The van der Waals surface area contributed by atoms with Crippen molar-refractivity contribution in [3.8, 4) is 22.3 Å². The summed E-state index contributed by atoms with van der Waals surface area (Å²) in [5.74, 6) is -0.353. The molecule has 0 saturated heterocycles. The summed E-state index contributed by atoms with van der Waals surface area (Å²) in [6, 6.07) is 59.4. The van der Waals surface area contributed by atoms with Crippen LogP contribution in [0.4, 0.5) is 21.5 Å². The molecule has 0 heterocycles. The Balaban J connectivity index is 1.29. The van der Waals surface area contributed by atoms with Crippen LogP contribution < -0.4 is 4.90 Å². The molecule has 0 aliphatic rings. The maximum atomic E-state index is 16.9. The van der Waals surface area contributed by atoms with E-state index >= 15 is 4.39 Å². The van der Waals surface area contributed by atoms with Gasteiger partial charge in [-0.3, -0.25) is 0 Å². The molecule has 0 fully saturated rings. The molecular weight excluding hydrogens is 586 g/mol. The number of rotatable bonds is 7. The van der Waals surface area contributed by atoms with Crippen LogP contribution in [-0.4, -0.2) is 0 Å². The molecule has 0 bridgehead atoms. The van der Waals surface area contributed by atoms with E-state index in [2.05, 4.69) is 30.3 Å². The normalized spacial score (nSPS) is 12.4. The molecular formula is C46H32FN. The number of nitrogens with zero attached hydrogens (tertiary/aromatic N) is 1. The van der Waals surface area contributed by atoms with Crippen LogP contribution in [0.3, 0.4) is 0 Å². The van der Waals surface area contributed by atoms with Gasteiger partial charge in [-0.05, 0) is 91.8 Å². The first-order chi connectivity index (χ1) is 24.5. The Morgan fingerprint density at radius 3 is 1.62 bits per heavy atom. The molecule has 0 radical (unpaired) electrons. The topological polar surface area (TPSA) is 3.24 Å². The van der Waals surface area contributed by atoms with Crippen LogP contribution in [-0.2, 0) is 0 Å². The molecule has 2 heteroatoms. The van der Waals surface area contributed by atoms with Gasteiger partial charge in [0, 0.05) is 16.9 Å². The van der Waals surface area contributed by atoms with Crippen LogP contribution >= 0.6 is 0 Å². The standard InChI is InChI=1S/C46H32FN/c47-45-32-41(35-11-3-1-4-12-35)31-44(38-15-5-2-6-16-38)46(45)48(43-28-25-37-14-8-10-18-40(37)30-43)42-26-22-33(23-27-42)19-20-34-21-24-36-13-7-9-17-39(36)29-34/h1-32H/b20-19+/i19D,20D. The molecule has 0 aliphatic carbocycles. The molecule has 0 unspecified atom stereocenters. The zero-order valence-corrected chi connectivity index (χ0v) is 26.1. The maximum absolute atomic E-state index is 16.9. The quantitative estimate of drug-likeness (QED) is 0.160. The zero-order valence-electron chi connectivity index (χ0n) is 28.1. The third-order valence-electron chi connectivity index (χ3n) is 8.70. The number of halogens is 1. The first kappa shape index (κ1) is 26.9. The predicted molar refractivity (Wildman–Crippen MR) is 202 cm³/mol. The fraction of sp³-hybridized carbons (Fsp3) is 0. The monoisotopic (exact) mass is 619 g/mol. The Kier molecular flexibility index (Phi) is 7.21. The minimum absolute atomic E-state index is 0.118. The lowest BCUT2D eigenvalue weighted by Crippen LogP contribution is -2.13. The summed E-state index contributed by atoms with van der Waals surface area (Å²) in [5.41, 5.74) is 6.63. The molecule has 0 aromatic heterocycles. The first-order valence-electron chi connectivity index (χ1n) is 17.0. The molecule has 228 valence electrons. The molecule has 8 rings (SSSR count). The molecule has 8 aromatic rings. The van der Waals surface area contributed by atoms with Crippen molar-refractivity contribution in [3.05, 3.63) is 199 Å². The first-order valence-corrected chi connectivity index (χ1v) is 16.0. The molecule has 48 heavy (non-hydrogen) atoms. The molecule has 0 aliphatic heterocycles. The van der Waals surface area contributed by atoms with Crippen molar-refractivity contribution in [2.75, 3.05) is 4.90 Å². The highest BCUT2D eigenvalue weighted by Gasteiger charge is 2.23. The summed E-state index contributed by atoms with van der Waals surface area (Å²) in [7, 11) is 0. The third kappa shape index (κ3) is 5.88. The van der Waals surface area contributed by atoms with E-state index in [1.54, 1.807) is 6.07 Å². The van der Waals surface area contributed by atoms with Crippen LogP contribution in [0.1, 0.15) is 13.9 Å². The minimum atomic E-state index is -0.353. The molecule has 0 atom stereocenters. The van der Waals surface area contributed by atoms with E-state index < -0.39 is 0 Å². The van der Waals surface area contributed by atoms with Crippen LogP contribution in [0, 0.1) is 5.82 Å². The number of hydrogen-bond acceptors (Lipinski definition) is 1. The van der Waals surface area contributed by atoms with Crippen LogP contribution in [0.15, 0.2) is 182 Å². The van der Waals surface area contributed by atoms with Gasteiger partial charge < -0.3 is 4.90 Å². The van der Waals surface area contributed by atoms with Gasteiger partial charge in [0.1, 0.15) is 5.82 Å². The van der Waals surface area contributed by atoms with E-state index in [1.165, 1.54) is 0 Å². The SMILES string of the molecule is [2H]/C(=C(/[2H])c1ccc2ccccc2c1)c1ccc(N(c2ccc3ccccc3c2)c2c(F)cc(-c3ccccc3)cc2-c2ccccc2)cc1. The smallest absolute Gasteiger partial charge is 0.148 e. The lowest BCUT2D eigenvalue weighted by molar-refractivity contribution is 0.630. The number of benzene rings is 8. The van der Waals surface area contributed by atoms with Crippen molar-refractivity contribution in [1.82, 2.24) is 0 Å². The highest BCUT2D eigenvalue weighted by molar-refractivity contribution is 5.94. The molecule has 0 N–H and O–H groups in total. The van der Waals surface area contributed by atoms with Crippen molar-refractivity contribution < 1.29 is 7.13 Å². The van der Waals surface area contributed by atoms with Gasteiger partial charge >= 0.3 is 0 Å². The molecule has 0 amide bonds. The van der Waals surface area contributed by atoms with Crippen molar-refractivity contribution in [2.24, 2.45) is 0 Å². The summed E-state index contributed by atoms with van der Waals surface area (Å²) >= 11 is 0. The van der Waals surface area contributed by atoms with Gasteiger partial charge in [0.15, 0.2) is 0 Å². The van der Waals surface area contributed by atoms with Gasteiger partial charge in [-0.1, -0.05) is 152 Å². The van der Waals surface area contributed by atoms with E-state index in [-0.39, 0.29) is 17.9 Å². The Hall–Kier alpha value is -6.25. The van der Waals surface area contributed by atoms with Gasteiger partial charge in [-0.15, -0.1) is 0 Å². The second-order valence-corrected chi connectivity index (χ2v) is 11.8. The van der Waals surface area contributed by atoms with Gasteiger partial charge in [0.2, 0.25) is 0 Å². The Bertz CT molecular complexity index is 2510. The maximum Gasteiger partial charge on any atom is 0.148 e. The summed E-state index contributed by atoms with van der Waals surface area (Å²) in [4.78, 5) is 1.96. The Labute approximate surface area is 283 Å². The van der Waals surface area contributed by atoms with Crippen molar-refractivity contribution >= 4 is 50.7 Å². The van der Waals surface area contributed by atoms with Gasteiger partial charge in [0.05, 0.1) is 8.43 Å². The summed E-state index contributed by atoms with van der Waals surface area (Å²) in [5, 5.41) is 4.25. The van der Waals surface area contributed by atoms with Crippen molar-refractivity contribution in [3.63, 3.8) is 0 Å². The van der Waals surface area contributed by atoms with Crippen molar-refractivity contribution in [2.45, 2.75) is 0 Å². The fourth-order valence-corrected chi connectivity index (χ4v) is 6.29. The average molecular weight is 620 g/mol. The number of hydrogen-bond donors (Lipinski definition) is 0. The third-order valence-corrected chi connectivity index (χ3v) is 8.70. The average Bonchev–Trinajstić information content (AvgIpc) is 3.18. The minimum Gasteiger partial charge on any atom is -0.307 e. The second-order valence-electron chi connectivity index (χ2n) is 11.8. The highest BCUT2D eigenvalue weighted by Crippen LogP contribution is 2.45. The molecule has 0 spiro atoms. The molecule has 1 nitrogen and oxygen atoms in total. The Morgan fingerprint density at radius 1 is 0.417 bits per heavy atom. The highest BCUT2D eigenvalue weighted by atomic mass is 19.1. The van der Waals surface area contributed by atoms with E-state index in [4.69, 9.17) is 2.74 Å². The summed E-state index contributed by atoms with van der Waals surface area (Å²) in [6.07, 6.45) is 0.